The lowest BCUT2D eigenvalue weighted by molar-refractivity contribution is -0.137. The van der Waals surface area contributed by atoms with Crippen molar-refractivity contribution in [2.45, 2.75) is 115 Å². The number of unbranched alkanes of at least 4 members (excludes halogenated alkanes) is 14. The number of carboxylic acid groups (broad SMARTS) is 1. The maximum absolute atomic E-state index is 10.4. The van der Waals surface area contributed by atoms with Crippen molar-refractivity contribution in [2.75, 3.05) is 19.8 Å². The summed E-state index contributed by atoms with van der Waals surface area (Å²) in [6, 6.07) is 0. The summed E-state index contributed by atoms with van der Waals surface area (Å²) in [6.45, 7) is 0.224. The SMILES string of the molecule is O=C(O)CCCCCCCCCCCCCCCCCOC[C@H](O)[C@H](O)CO. The molecule has 0 saturated carbocycles. The zero-order valence-corrected chi connectivity index (χ0v) is 17.7. The van der Waals surface area contributed by atoms with Crippen LogP contribution in [0.1, 0.15) is 103 Å². The Morgan fingerprint density at radius 3 is 1.43 bits per heavy atom. The van der Waals surface area contributed by atoms with E-state index in [9.17, 15) is 15.0 Å². The van der Waals surface area contributed by atoms with E-state index in [-0.39, 0.29) is 6.61 Å². The molecule has 0 aliphatic carbocycles. The number of carbonyl (C=O) groups is 1. The number of aliphatic carboxylic acids is 1. The number of hydrogen-bond donors (Lipinski definition) is 4. The number of rotatable bonds is 22. The summed E-state index contributed by atoms with van der Waals surface area (Å²) in [5.74, 6) is -0.679. The Balaban J connectivity index is 3.09. The Labute approximate surface area is 171 Å². The molecule has 0 aliphatic rings. The minimum absolute atomic E-state index is 0.0758. The van der Waals surface area contributed by atoms with Crippen LogP contribution in [0.25, 0.3) is 0 Å². The zero-order valence-electron chi connectivity index (χ0n) is 17.7. The second kappa shape index (κ2) is 21.0. The molecule has 0 radical (unpaired) electrons. The molecule has 0 aliphatic heterocycles. The molecule has 0 aromatic carbocycles. The Morgan fingerprint density at radius 1 is 0.643 bits per heavy atom. The third kappa shape index (κ3) is 20.1. The van der Waals surface area contributed by atoms with E-state index in [1.807, 2.05) is 0 Å². The first kappa shape index (κ1) is 27.3. The monoisotopic (exact) mass is 404 g/mol. The van der Waals surface area contributed by atoms with Gasteiger partial charge in [-0.15, -0.1) is 0 Å². The van der Waals surface area contributed by atoms with Gasteiger partial charge in [0.1, 0.15) is 12.2 Å². The van der Waals surface area contributed by atoms with Gasteiger partial charge in [0.15, 0.2) is 0 Å². The summed E-state index contributed by atoms with van der Waals surface area (Å²) in [6.07, 6.45) is 16.2. The average Bonchev–Trinajstić information content (AvgIpc) is 2.68. The Morgan fingerprint density at radius 2 is 1.04 bits per heavy atom. The van der Waals surface area contributed by atoms with Crippen molar-refractivity contribution in [2.24, 2.45) is 0 Å². The van der Waals surface area contributed by atoms with Crippen molar-refractivity contribution >= 4 is 5.97 Å². The van der Waals surface area contributed by atoms with Crippen LogP contribution in [-0.2, 0) is 9.53 Å². The molecule has 0 heterocycles. The molecule has 6 heteroatoms. The van der Waals surface area contributed by atoms with E-state index in [4.69, 9.17) is 14.9 Å². The van der Waals surface area contributed by atoms with E-state index in [1.54, 1.807) is 0 Å². The first-order valence-corrected chi connectivity index (χ1v) is 11.3. The molecule has 0 aromatic rings. The molecule has 0 bridgehead atoms. The number of ether oxygens (including phenoxy) is 1. The predicted molar refractivity (Wildman–Crippen MR) is 111 cm³/mol. The van der Waals surface area contributed by atoms with E-state index >= 15 is 0 Å². The molecule has 0 spiro atoms. The lowest BCUT2D eigenvalue weighted by Crippen LogP contribution is -2.33. The van der Waals surface area contributed by atoms with Gasteiger partial charge < -0.3 is 25.2 Å². The van der Waals surface area contributed by atoms with Gasteiger partial charge in [-0.05, 0) is 12.8 Å². The van der Waals surface area contributed by atoms with Crippen LogP contribution in [0.2, 0.25) is 0 Å². The third-order valence-corrected chi connectivity index (χ3v) is 5.10. The maximum atomic E-state index is 10.4. The smallest absolute Gasteiger partial charge is 0.303 e. The lowest BCUT2D eigenvalue weighted by atomic mass is 10.0. The fourth-order valence-corrected chi connectivity index (χ4v) is 3.22. The first-order chi connectivity index (χ1) is 13.6. The molecule has 0 saturated heterocycles. The summed E-state index contributed by atoms with van der Waals surface area (Å²) in [4.78, 5) is 10.4. The van der Waals surface area contributed by atoms with Gasteiger partial charge in [0, 0.05) is 13.0 Å². The van der Waals surface area contributed by atoms with Crippen molar-refractivity contribution in [1.29, 1.82) is 0 Å². The van der Waals surface area contributed by atoms with Gasteiger partial charge in [0.05, 0.1) is 13.2 Å². The molecule has 4 N–H and O–H groups in total. The van der Waals surface area contributed by atoms with Crippen LogP contribution >= 0.6 is 0 Å². The first-order valence-electron chi connectivity index (χ1n) is 11.3. The summed E-state index contributed by atoms with van der Waals surface area (Å²) in [5, 5.41) is 35.9. The summed E-state index contributed by atoms with van der Waals surface area (Å²) < 4.78 is 5.30. The quantitative estimate of drug-likeness (QED) is 0.203. The molecule has 6 nitrogen and oxygen atoms in total. The van der Waals surface area contributed by atoms with Gasteiger partial charge >= 0.3 is 5.97 Å². The number of carboxylic acids is 1. The highest BCUT2D eigenvalue weighted by Gasteiger charge is 2.14. The van der Waals surface area contributed by atoms with Crippen molar-refractivity contribution < 1.29 is 30.0 Å². The summed E-state index contributed by atoms with van der Waals surface area (Å²) >= 11 is 0. The Hall–Kier alpha value is -0.690. The van der Waals surface area contributed by atoms with E-state index in [1.165, 1.54) is 70.6 Å². The minimum Gasteiger partial charge on any atom is -0.481 e. The molecule has 0 aromatic heterocycles. The Bertz CT molecular complexity index is 337. The van der Waals surface area contributed by atoms with Crippen molar-refractivity contribution in [3.63, 3.8) is 0 Å². The topological polar surface area (TPSA) is 107 Å². The lowest BCUT2D eigenvalue weighted by Gasteiger charge is -2.15. The van der Waals surface area contributed by atoms with Crippen LogP contribution in [0, 0.1) is 0 Å². The predicted octanol–water partition coefficient (Wildman–Crippen LogP) is 4.04. The van der Waals surface area contributed by atoms with Gasteiger partial charge in [0.25, 0.3) is 0 Å². The minimum atomic E-state index is -1.12. The van der Waals surface area contributed by atoms with Gasteiger partial charge in [-0.3, -0.25) is 4.79 Å². The van der Waals surface area contributed by atoms with Crippen molar-refractivity contribution in [1.82, 2.24) is 0 Å². The van der Waals surface area contributed by atoms with Crippen LogP contribution in [0.4, 0.5) is 0 Å². The fraction of sp³-hybridized carbons (Fsp3) is 0.955. The zero-order chi connectivity index (χ0) is 20.9. The Kier molecular flexibility index (Phi) is 20.5. The normalized spacial score (nSPS) is 13.5. The molecule has 2 atom stereocenters. The second-order valence-corrected chi connectivity index (χ2v) is 7.84. The largest absolute Gasteiger partial charge is 0.481 e. The number of aliphatic hydroxyl groups excluding tert-OH is 3. The average molecular weight is 405 g/mol. The number of aliphatic hydroxyl groups is 3. The maximum Gasteiger partial charge on any atom is 0.303 e. The molecule has 0 rings (SSSR count). The molecule has 0 amide bonds. The summed E-state index contributed by atoms with van der Waals surface area (Å²) in [7, 11) is 0. The highest BCUT2D eigenvalue weighted by atomic mass is 16.5. The van der Waals surface area contributed by atoms with E-state index in [2.05, 4.69) is 0 Å². The second-order valence-electron chi connectivity index (χ2n) is 7.84. The van der Waals surface area contributed by atoms with Crippen LogP contribution < -0.4 is 0 Å². The highest BCUT2D eigenvalue weighted by Crippen LogP contribution is 2.13. The molecular formula is C22H44O6. The molecule has 28 heavy (non-hydrogen) atoms. The van der Waals surface area contributed by atoms with E-state index in [0.717, 1.165) is 25.7 Å². The van der Waals surface area contributed by atoms with Crippen LogP contribution in [0.15, 0.2) is 0 Å². The highest BCUT2D eigenvalue weighted by molar-refractivity contribution is 5.66. The molecule has 168 valence electrons. The van der Waals surface area contributed by atoms with Crippen molar-refractivity contribution in [3.05, 3.63) is 0 Å². The fourth-order valence-electron chi connectivity index (χ4n) is 3.22. The van der Waals surface area contributed by atoms with Crippen molar-refractivity contribution in [3.8, 4) is 0 Å². The van der Waals surface area contributed by atoms with Crippen LogP contribution in [0.3, 0.4) is 0 Å². The van der Waals surface area contributed by atoms with E-state index < -0.39 is 24.8 Å². The van der Waals surface area contributed by atoms with E-state index in [0.29, 0.717) is 13.0 Å². The van der Waals surface area contributed by atoms with Gasteiger partial charge in [-0.2, -0.15) is 0 Å². The summed E-state index contributed by atoms with van der Waals surface area (Å²) in [5.41, 5.74) is 0. The van der Waals surface area contributed by atoms with Gasteiger partial charge in [0.2, 0.25) is 0 Å². The van der Waals surface area contributed by atoms with Crippen LogP contribution in [0.5, 0.6) is 0 Å². The molecular weight excluding hydrogens is 360 g/mol. The van der Waals surface area contributed by atoms with Gasteiger partial charge in [-0.25, -0.2) is 0 Å². The molecule has 0 unspecified atom stereocenters. The third-order valence-electron chi connectivity index (χ3n) is 5.10. The number of hydrogen-bond acceptors (Lipinski definition) is 5. The van der Waals surface area contributed by atoms with Crippen LogP contribution in [-0.4, -0.2) is 58.4 Å². The molecule has 0 fully saturated rings. The van der Waals surface area contributed by atoms with Gasteiger partial charge in [-0.1, -0.05) is 83.5 Å². The standard InChI is InChI=1S/C22H44O6/c23-18-20(24)21(25)19-28-17-15-13-11-9-7-5-3-1-2-4-6-8-10-12-14-16-22(26)27/h20-21,23-25H,1-19H2,(H,26,27)/t20-,21+/m1/s1.